The number of piperidine rings is 1. The topological polar surface area (TPSA) is 52.6 Å². The zero-order chi connectivity index (χ0) is 11.4. The van der Waals surface area contributed by atoms with E-state index in [0.717, 1.165) is 6.04 Å². The number of hydrogen-bond acceptors (Lipinski definition) is 3. The molecule has 0 spiro atoms. The third kappa shape index (κ3) is 3.06. The lowest BCUT2D eigenvalue weighted by Gasteiger charge is -2.35. The van der Waals surface area contributed by atoms with Crippen LogP contribution in [0.5, 0.6) is 0 Å². The van der Waals surface area contributed by atoms with E-state index in [0.29, 0.717) is 12.6 Å². The van der Waals surface area contributed by atoms with Crippen LogP contribution in [0.25, 0.3) is 0 Å². The summed E-state index contributed by atoms with van der Waals surface area (Å²) in [4.78, 5) is 12.9. The van der Waals surface area contributed by atoms with E-state index >= 15 is 0 Å². The van der Waals surface area contributed by atoms with Crippen molar-refractivity contribution in [3.63, 3.8) is 0 Å². The molecule has 2 atom stereocenters. The molecule has 2 heterocycles. The largest absolute Gasteiger partial charge is 0.478 e. The van der Waals surface area contributed by atoms with Crippen LogP contribution >= 0.6 is 0 Å². The summed E-state index contributed by atoms with van der Waals surface area (Å²) in [6, 6.07) is 1.34. The van der Waals surface area contributed by atoms with Crippen LogP contribution in [0.3, 0.4) is 0 Å². The molecule has 16 heavy (non-hydrogen) atoms. The Kier molecular flexibility index (Phi) is 3.96. The Hall–Kier alpha value is -0.870. The van der Waals surface area contributed by atoms with Crippen LogP contribution in [-0.2, 0) is 4.79 Å². The molecule has 2 N–H and O–H groups in total. The molecule has 0 radical (unpaired) electrons. The fourth-order valence-electron chi connectivity index (χ4n) is 2.80. The molecule has 0 amide bonds. The van der Waals surface area contributed by atoms with E-state index in [-0.39, 0.29) is 0 Å². The van der Waals surface area contributed by atoms with E-state index in [1.165, 1.54) is 44.8 Å². The minimum atomic E-state index is -0.868. The molecule has 0 bridgehead atoms. The first kappa shape index (κ1) is 11.6. The standard InChI is InChI=1S/C12H20N2O2/c15-12(16)4-1-6-13-10-5-8-14-7-2-3-11(14)9-10/h1,4,10-11,13H,2-3,5-9H2,(H,15,16)/b4-1+. The molecule has 2 saturated heterocycles. The van der Waals surface area contributed by atoms with Gasteiger partial charge in [-0.05, 0) is 38.8 Å². The van der Waals surface area contributed by atoms with Gasteiger partial charge in [-0.15, -0.1) is 0 Å². The summed E-state index contributed by atoms with van der Waals surface area (Å²) >= 11 is 0. The number of nitrogens with zero attached hydrogens (tertiary/aromatic N) is 1. The van der Waals surface area contributed by atoms with E-state index in [1.54, 1.807) is 6.08 Å². The minimum absolute atomic E-state index is 0.567. The monoisotopic (exact) mass is 224 g/mol. The van der Waals surface area contributed by atoms with Crippen LogP contribution in [0.15, 0.2) is 12.2 Å². The highest BCUT2D eigenvalue weighted by atomic mass is 16.4. The molecular formula is C12H20N2O2. The van der Waals surface area contributed by atoms with Gasteiger partial charge in [0.2, 0.25) is 0 Å². The van der Waals surface area contributed by atoms with Gasteiger partial charge in [-0.1, -0.05) is 6.08 Å². The average molecular weight is 224 g/mol. The van der Waals surface area contributed by atoms with Crippen molar-refractivity contribution < 1.29 is 9.90 Å². The minimum Gasteiger partial charge on any atom is -0.478 e. The zero-order valence-electron chi connectivity index (χ0n) is 9.56. The maximum Gasteiger partial charge on any atom is 0.328 e. The van der Waals surface area contributed by atoms with Gasteiger partial charge in [0.25, 0.3) is 0 Å². The van der Waals surface area contributed by atoms with Gasteiger partial charge in [-0.25, -0.2) is 4.79 Å². The quantitative estimate of drug-likeness (QED) is 0.695. The van der Waals surface area contributed by atoms with Gasteiger partial charge in [0.15, 0.2) is 0 Å². The molecule has 4 nitrogen and oxygen atoms in total. The molecule has 90 valence electrons. The second kappa shape index (κ2) is 5.46. The third-order valence-electron chi connectivity index (χ3n) is 3.61. The van der Waals surface area contributed by atoms with Crippen molar-refractivity contribution in [1.82, 2.24) is 10.2 Å². The summed E-state index contributed by atoms with van der Waals surface area (Å²) in [6.07, 6.45) is 7.98. The second-order valence-electron chi connectivity index (χ2n) is 4.70. The molecule has 4 heteroatoms. The lowest BCUT2D eigenvalue weighted by Crippen LogP contribution is -2.45. The first-order valence-electron chi connectivity index (χ1n) is 6.12. The van der Waals surface area contributed by atoms with Gasteiger partial charge < -0.3 is 15.3 Å². The smallest absolute Gasteiger partial charge is 0.328 e. The number of carbonyl (C=O) groups is 1. The maximum atomic E-state index is 10.3. The number of fused-ring (bicyclic) bond motifs is 1. The Morgan fingerprint density at radius 1 is 1.44 bits per heavy atom. The Labute approximate surface area is 96.3 Å². The van der Waals surface area contributed by atoms with Gasteiger partial charge in [0.1, 0.15) is 0 Å². The SMILES string of the molecule is O=C(O)/C=C/CNC1CCN2CCCC2C1. The molecule has 0 aromatic carbocycles. The van der Waals surface area contributed by atoms with Gasteiger partial charge in [0.05, 0.1) is 0 Å². The van der Waals surface area contributed by atoms with Crippen molar-refractivity contribution in [2.75, 3.05) is 19.6 Å². The van der Waals surface area contributed by atoms with Crippen molar-refractivity contribution in [3.05, 3.63) is 12.2 Å². The van der Waals surface area contributed by atoms with Crippen molar-refractivity contribution in [2.45, 2.75) is 37.8 Å². The summed E-state index contributed by atoms with van der Waals surface area (Å²) in [7, 11) is 0. The van der Waals surface area contributed by atoms with Gasteiger partial charge in [-0.3, -0.25) is 0 Å². The fraction of sp³-hybridized carbons (Fsp3) is 0.750. The second-order valence-corrected chi connectivity index (χ2v) is 4.70. The van der Waals surface area contributed by atoms with E-state index < -0.39 is 5.97 Å². The molecule has 0 aliphatic carbocycles. The molecule has 2 aliphatic rings. The molecule has 2 unspecified atom stereocenters. The maximum absolute atomic E-state index is 10.3. The van der Waals surface area contributed by atoms with Crippen molar-refractivity contribution >= 4 is 5.97 Å². The van der Waals surface area contributed by atoms with Crippen LogP contribution in [0.1, 0.15) is 25.7 Å². The Balaban J connectivity index is 1.69. The Morgan fingerprint density at radius 2 is 2.31 bits per heavy atom. The number of carboxylic acid groups (broad SMARTS) is 1. The summed E-state index contributed by atoms with van der Waals surface area (Å²) < 4.78 is 0. The first-order valence-corrected chi connectivity index (χ1v) is 6.12. The molecule has 2 aliphatic heterocycles. The molecule has 0 aromatic rings. The fourth-order valence-corrected chi connectivity index (χ4v) is 2.80. The Morgan fingerprint density at radius 3 is 3.12 bits per heavy atom. The van der Waals surface area contributed by atoms with E-state index in [4.69, 9.17) is 5.11 Å². The number of carboxylic acids is 1. The highest BCUT2D eigenvalue weighted by Crippen LogP contribution is 2.26. The van der Waals surface area contributed by atoms with Gasteiger partial charge in [-0.2, -0.15) is 0 Å². The number of aliphatic carboxylic acids is 1. The van der Waals surface area contributed by atoms with Crippen molar-refractivity contribution in [2.24, 2.45) is 0 Å². The van der Waals surface area contributed by atoms with Crippen LogP contribution in [-0.4, -0.2) is 47.7 Å². The molecule has 0 saturated carbocycles. The summed E-state index contributed by atoms with van der Waals surface area (Å²) in [5, 5.41) is 11.9. The number of nitrogens with one attached hydrogen (secondary N) is 1. The lowest BCUT2D eigenvalue weighted by atomic mass is 9.98. The van der Waals surface area contributed by atoms with Crippen LogP contribution in [0.4, 0.5) is 0 Å². The van der Waals surface area contributed by atoms with Crippen molar-refractivity contribution in [3.8, 4) is 0 Å². The molecule has 2 fully saturated rings. The van der Waals surface area contributed by atoms with Gasteiger partial charge >= 0.3 is 5.97 Å². The highest BCUT2D eigenvalue weighted by molar-refractivity contribution is 5.79. The normalized spacial score (nSPS) is 30.8. The predicted molar refractivity (Wildman–Crippen MR) is 62.4 cm³/mol. The predicted octanol–water partition coefficient (Wildman–Crippen LogP) is 0.844. The number of hydrogen-bond donors (Lipinski definition) is 2. The average Bonchev–Trinajstić information content (AvgIpc) is 2.71. The highest BCUT2D eigenvalue weighted by Gasteiger charge is 2.30. The van der Waals surface area contributed by atoms with E-state index in [2.05, 4.69) is 10.2 Å². The molecular weight excluding hydrogens is 204 g/mol. The molecule has 2 rings (SSSR count). The van der Waals surface area contributed by atoms with Crippen LogP contribution in [0, 0.1) is 0 Å². The Bertz CT molecular complexity index is 278. The zero-order valence-corrected chi connectivity index (χ0v) is 9.56. The van der Waals surface area contributed by atoms with Crippen molar-refractivity contribution in [1.29, 1.82) is 0 Å². The van der Waals surface area contributed by atoms with E-state index in [1.807, 2.05) is 0 Å². The van der Waals surface area contributed by atoms with Gasteiger partial charge in [0, 0.05) is 24.7 Å². The van der Waals surface area contributed by atoms with Crippen LogP contribution in [0.2, 0.25) is 0 Å². The summed E-state index contributed by atoms with van der Waals surface area (Å²) in [6.45, 7) is 3.14. The third-order valence-corrected chi connectivity index (χ3v) is 3.61. The van der Waals surface area contributed by atoms with E-state index in [9.17, 15) is 4.79 Å². The number of rotatable bonds is 4. The summed E-state index contributed by atoms with van der Waals surface area (Å²) in [5.74, 6) is -0.868. The summed E-state index contributed by atoms with van der Waals surface area (Å²) in [5.41, 5.74) is 0. The lowest BCUT2D eigenvalue weighted by molar-refractivity contribution is -0.131. The molecule has 0 aromatic heterocycles. The first-order chi connectivity index (χ1) is 7.75. The van der Waals surface area contributed by atoms with Crippen LogP contribution < -0.4 is 5.32 Å².